The summed E-state index contributed by atoms with van der Waals surface area (Å²) in [5.41, 5.74) is 0.546. The van der Waals surface area contributed by atoms with Gasteiger partial charge in [-0.2, -0.15) is 4.91 Å². The molecule has 10 heavy (non-hydrogen) atoms. The molecule has 1 fully saturated rings. The van der Waals surface area contributed by atoms with E-state index < -0.39 is 0 Å². The molecule has 1 rings (SSSR count). The molecule has 0 radical (unpaired) electrons. The van der Waals surface area contributed by atoms with Crippen LogP contribution < -0.4 is 0 Å². The van der Waals surface area contributed by atoms with Crippen LogP contribution in [0.3, 0.4) is 0 Å². The van der Waals surface area contributed by atoms with Gasteiger partial charge in [0, 0.05) is 12.3 Å². The lowest BCUT2D eigenvalue weighted by Gasteiger charge is -2.03. The summed E-state index contributed by atoms with van der Waals surface area (Å²) < 4.78 is 0. The predicted octanol–water partition coefficient (Wildman–Crippen LogP) is 1.29. The molecule has 0 aromatic heterocycles. The first kappa shape index (κ1) is 7.12. The summed E-state index contributed by atoms with van der Waals surface area (Å²) in [6, 6.07) is -0.361. The predicted molar refractivity (Wildman–Crippen MR) is 37.5 cm³/mol. The van der Waals surface area contributed by atoms with Crippen LogP contribution in [-0.2, 0) is 4.79 Å². The number of ketones is 1. The van der Waals surface area contributed by atoms with Gasteiger partial charge in [0.2, 0.25) is 0 Å². The van der Waals surface area contributed by atoms with Gasteiger partial charge in [0.1, 0.15) is 6.04 Å². The molecular weight excluding hydrogens is 130 g/mol. The molecule has 0 spiro atoms. The van der Waals surface area contributed by atoms with Gasteiger partial charge >= 0.3 is 0 Å². The van der Waals surface area contributed by atoms with Crippen molar-refractivity contribution in [2.45, 2.75) is 19.4 Å². The molecule has 0 amide bonds. The zero-order valence-electron chi connectivity index (χ0n) is 5.83. The Balaban J connectivity index is 2.80. The van der Waals surface area contributed by atoms with E-state index in [2.05, 4.69) is 11.8 Å². The van der Waals surface area contributed by atoms with Crippen molar-refractivity contribution in [2.75, 3.05) is 0 Å². The first-order valence-corrected chi connectivity index (χ1v) is 3.21. The maximum atomic E-state index is 10.9. The fraction of sp³-hybridized carbons (Fsp3) is 0.571. The van der Waals surface area contributed by atoms with E-state index in [9.17, 15) is 9.70 Å². The summed E-state index contributed by atoms with van der Waals surface area (Å²) in [5.74, 6) is -0.0675. The minimum Gasteiger partial charge on any atom is -0.294 e. The summed E-state index contributed by atoms with van der Waals surface area (Å²) in [4.78, 5) is 20.9. The Morgan fingerprint density at radius 1 is 1.70 bits per heavy atom. The lowest BCUT2D eigenvalue weighted by molar-refractivity contribution is -0.114. The van der Waals surface area contributed by atoms with Gasteiger partial charge in [-0.15, -0.1) is 0 Å². The highest BCUT2D eigenvalue weighted by atomic mass is 16.3. The quantitative estimate of drug-likeness (QED) is 0.406. The van der Waals surface area contributed by atoms with Crippen molar-refractivity contribution < 1.29 is 4.79 Å². The van der Waals surface area contributed by atoms with Crippen molar-refractivity contribution in [3.05, 3.63) is 17.1 Å². The van der Waals surface area contributed by atoms with E-state index in [1.54, 1.807) is 6.92 Å². The number of nitroso groups, excluding NO2 is 1. The van der Waals surface area contributed by atoms with Crippen molar-refractivity contribution in [3.63, 3.8) is 0 Å². The Bertz CT molecular complexity index is 198. The first-order valence-electron chi connectivity index (χ1n) is 3.21. The Morgan fingerprint density at radius 3 is 2.50 bits per heavy atom. The second-order valence-electron chi connectivity index (χ2n) is 2.61. The average molecular weight is 139 g/mol. The van der Waals surface area contributed by atoms with Gasteiger partial charge in [0.25, 0.3) is 0 Å². The molecule has 0 N–H and O–H groups in total. The smallest absolute Gasteiger partial charge is 0.160 e. The van der Waals surface area contributed by atoms with Crippen LogP contribution in [0.1, 0.15) is 13.3 Å². The summed E-state index contributed by atoms with van der Waals surface area (Å²) >= 11 is 0. The van der Waals surface area contributed by atoms with Crippen LogP contribution in [0.15, 0.2) is 17.3 Å². The molecule has 0 aliphatic heterocycles. The van der Waals surface area contributed by atoms with E-state index in [0.29, 0.717) is 5.57 Å². The molecule has 0 bridgehead atoms. The van der Waals surface area contributed by atoms with Gasteiger partial charge in [-0.05, 0) is 5.57 Å². The van der Waals surface area contributed by atoms with E-state index in [1.165, 1.54) is 0 Å². The highest BCUT2D eigenvalue weighted by Crippen LogP contribution is 2.28. The molecule has 54 valence electrons. The van der Waals surface area contributed by atoms with Gasteiger partial charge in [0.05, 0.1) is 0 Å². The molecule has 1 aliphatic carbocycles. The van der Waals surface area contributed by atoms with Crippen LogP contribution in [0.5, 0.6) is 0 Å². The number of carbonyl (C=O) groups excluding carboxylic acids is 1. The summed E-state index contributed by atoms with van der Waals surface area (Å²) in [7, 11) is 0. The molecular formula is C7H9NO2. The van der Waals surface area contributed by atoms with Crippen molar-refractivity contribution in [2.24, 2.45) is 11.1 Å². The molecule has 0 aromatic rings. The molecule has 3 heteroatoms. The van der Waals surface area contributed by atoms with Crippen LogP contribution in [0.2, 0.25) is 0 Å². The van der Waals surface area contributed by atoms with E-state index in [-0.39, 0.29) is 24.2 Å². The number of rotatable bonds is 1. The molecule has 1 saturated carbocycles. The third kappa shape index (κ3) is 0.875. The van der Waals surface area contributed by atoms with E-state index in [0.717, 1.165) is 0 Å². The molecule has 1 aliphatic rings. The number of hydrogen-bond donors (Lipinski definition) is 0. The van der Waals surface area contributed by atoms with Gasteiger partial charge in [-0.1, -0.05) is 18.7 Å². The summed E-state index contributed by atoms with van der Waals surface area (Å²) in [6.45, 7) is 5.37. The normalized spacial score (nSPS) is 32.9. The van der Waals surface area contributed by atoms with Gasteiger partial charge in [-0.3, -0.25) is 4.79 Å². The Hall–Kier alpha value is -0.990. The van der Waals surface area contributed by atoms with Crippen LogP contribution in [0.25, 0.3) is 0 Å². The van der Waals surface area contributed by atoms with Crippen LogP contribution in [0, 0.1) is 10.8 Å². The lowest BCUT2D eigenvalue weighted by Crippen LogP contribution is -2.06. The van der Waals surface area contributed by atoms with Crippen molar-refractivity contribution in [1.82, 2.24) is 0 Å². The number of Topliss-reactive ketones (excluding diaryl/α,β-unsaturated/α-hetero) is 1. The first-order chi connectivity index (χ1) is 4.66. The topological polar surface area (TPSA) is 46.5 Å². The monoisotopic (exact) mass is 139 g/mol. The second kappa shape index (κ2) is 2.33. The Labute approximate surface area is 59.1 Å². The average Bonchev–Trinajstić information content (AvgIpc) is 2.17. The number of nitrogens with zero attached hydrogens (tertiary/aromatic N) is 1. The number of carbonyl (C=O) groups is 1. The lowest BCUT2D eigenvalue weighted by atomic mass is 10.0. The largest absolute Gasteiger partial charge is 0.294 e. The van der Waals surface area contributed by atoms with Gasteiger partial charge in [-0.25, -0.2) is 0 Å². The minimum atomic E-state index is -0.361. The maximum Gasteiger partial charge on any atom is 0.160 e. The van der Waals surface area contributed by atoms with Gasteiger partial charge in [0.15, 0.2) is 5.78 Å². The van der Waals surface area contributed by atoms with Crippen LogP contribution >= 0.6 is 0 Å². The highest BCUT2D eigenvalue weighted by molar-refractivity contribution is 5.98. The fourth-order valence-electron chi connectivity index (χ4n) is 1.11. The molecule has 3 nitrogen and oxygen atoms in total. The molecule has 0 unspecified atom stereocenters. The van der Waals surface area contributed by atoms with E-state index >= 15 is 0 Å². The van der Waals surface area contributed by atoms with Crippen LogP contribution in [0.4, 0.5) is 0 Å². The maximum absolute atomic E-state index is 10.9. The minimum absolute atomic E-state index is 0.0166. The molecule has 0 heterocycles. The third-order valence-corrected chi connectivity index (χ3v) is 2.01. The zero-order chi connectivity index (χ0) is 7.72. The molecule has 0 saturated heterocycles. The van der Waals surface area contributed by atoms with E-state index in [1.807, 2.05) is 0 Å². The Kier molecular flexibility index (Phi) is 1.66. The summed E-state index contributed by atoms with van der Waals surface area (Å²) in [6.07, 6.45) is 0.253. The zero-order valence-corrected chi connectivity index (χ0v) is 5.83. The second-order valence-corrected chi connectivity index (χ2v) is 2.61. The SMILES string of the molecule is C=C1C(=O)C[C@@H](N=O)[C@@H]1C. The van der Waals surface area contributed by atoms with Crippen molar-refractivity contribution in [1.29, 1.82) is 0 Å². The summed E-state index contributed by atoms with van der Waals surface area (Å²) in [5, 5.41) is 2.84. The van der Waals surface area contributed by atoms with Crippen LogP contribution in [-0.4, -0.2) is 11.8 Å². The molecule has 2 atom stereocenters. The molecule has 0 aromatic carbocycles. The fourth-order valence-corrected chi connectivity index (χ4v) is 1.11. The Morgan fingerprint density at radius 2 is 2.30 bits per heavy atom. The number of hydrogen-bond acceptors (Lipinski definition) is 3. The van der Waals surface area contributed by atoms with Crippen molar-refractivity contribution in [3.8, 4) is 0 Å². The highest BCUT2D eigenvalue weighted by Gasteiger charge is 2.33. The third-order valence-electron chi connectivity index (χ3n) is 2.01. The standard InChI is InChI=1S/C7H9NO2/c1-4-5(2)7(9)3-6(4)8-10/h4,6H,2-3H2,1H3/t4-,6-/m1/s1. The van der Waals surface area contributed by atoms with E-state index in [4.69, 9.17) is 0 Å². The van der Waals surface area contributed by atoms with Gasteiger partial charge < -0.3 is 0 Å². The van der Waals surface area contributed by atoms with Crippen molar-refractivity contribution >= 4 is 5.78 Å².